The Kier molecular flexibility index (Phi) is 5.11. The number of aromatic amines is 1. The summed E-state index contributed by atoms with van der Waals surface area (Å²) >= 11 is 0. The van der Waals surface area contributed by atoms with Gasteiger partial charge in [0.15, 0.2) is 6.10 Å². The molecule has 6 nitrogen and oxygen atoms in total. The van der Waals surface area contributed by atoms with Crippen molar-refractivity contribution in [3.63, 3.8) is 0 Å². The number of aromatic nitrogens is 3. The molecular formula is C14H18N4O2. The van der Waals surface area contributed by atoms with Gasteiger partial charge in [0.1, 0.15) is 17.9 Å². The zero-order valence-electron chi connectivity index (χ0n) is 11.4. The zero-order valence-corrected chi connectivity index (χ0v) is 11.4. The Morgan fingerprint density at radius 3 is 2.85 bits per heavy atom. The van der Waals surface area contributed by atoms with Crippen LogP contribution in [0.3, 0.4) is 0 Å². The number of H-pyrrole nitrogens is 1. The van der Waals surface area contributed by atoms with Crippen LogP contribution in [0.2, 0.25) is 0 Å². The molecular weight excluding hydrogens is 256 g/mol. The molecule has 2 aromatic rings. The molecule has 6 heteroatoms. The van der Waals surface area contributed by atoms with Crippen LogP contribution in [0, 0.1) is 0 Å². The summed E-state index contributed by atoms with van der Waals surface area (Å²) in [4.78, 5) is 16.0. The molecule has 0 bridgehead atoms. The standard InChI is InChI=1S/C14H18N4O2/c1-2-12(20-11-6-4-3-5-7-11)14(19)15-9-8-13-16-10-17-18-13/h3-7,10,12H,2,8-9H2,1H3,(H,15,19)(H,16,17,18). The molecule has 0 spiro atoms. The molecule has 1 unspecified atom stereocenters. The van der Waals surface area contributed by atoms with Crippen molar-refractivity contribution in [3.05, 3.63) is 42.5 Å². The van der Waals surface area contributed by atoms with Crippen molar-refractivity contribution in [1.29, 1.82) is 0 Å². The number of amides is 1. The molecule has 0 fully saturated rings. The first kappa shape index (κ1) is 14.0. The van der Waals surface area contributed by atoms with Crippen LogP contribution in [0.4, 0.5) is 0 Å². The van der Waals surface area contributed by atoms with Crippen LogP contribution < -0.4 is 10.1 Å². The number of para-hydroxylation sites is 1. The summed E-state index contributed by atoms with van der Waals surface area (Å²) in [5.41, 5.74) is 0. The van der Waals surface area contributed by atoms with Gasteiger partial charge >= 0.3 is 0 Å². The van der Waals surface area contributed by atoms with Gasteiger partial charge in [0.05, 0.1) is 0 Å². The largest absolute Gasteiger partial charge is 0.481 e. The van der Waals surface area contributed by atoms with Crippen LogP contribution in [0.15, 0.2) is 36.7 Å². The minimum absolute atomic E-state index is 0.115. The highest BCUT2D eigenvalue weighted by atomic mass is 16.5. The van der Waals surface area contributed by atoms with Gasteiger partial charge in [-0.2, -0.15) is 5.10 Å². The van der Waals surface area contributed by atoms with E-state index in [1.807, 2.05) is 37.3 Å². The lowest BCUT2D eigenvalue weighted by molar-refractivity contribution is -0.128. The van der Waals surface area contributed by atoms with Gasteiger partial charge in [0.2, 0.25) is 0 Å². The molecule has 0 aliphatic heterocycles. The molecule has 1 aromatic heterocycles. The fraction of sp³-hybridized carbons (Fsp3) is 0.357. The highest BCUT2D eigenvalue weighted by molar-refractivity contribution is 5.81. The zero-order chi connectivity index (χ0) is 14.2. The predicted molar refractivity (Wildman–Crippen MR) is 74.2 cm³/mol. The summed E-state index contributed by atoms with van der Waals surface area (Å²) < 4.78 is 5.67. The Bertz CT molecular complexity index is 513. The van der Waals surface area contributed by atoms with Crippen LogP contribution in [0.5, 0.6) is 5.75 Å². The quantitative estimate of drug-likeness (QED) is 0.798. The summed E-state index contributed by atoms with van der Waals surface area (Å²) in [7, 11) is 0. The average molecular weight is 274 g/mol. The second-order valence-electron chi connectivity index (χ2n) is 4.30. The third kappa shape index (κ3) is 4.08. The van der Waals surface area contributed by atoms with Gasteiger partial charge in [-0.25, -0.2) is 4.98 Å². The topological polar surface area (TPSA) is 79.9 Å². The Morgan fingerprint density at radius 1 is 1.40 bits per heavy atom. The van der Waals surface area contributed by atoms with E-state index in [4.69, 9.17) is 4.74 Å². The van der Waals surface area contributed by atoms with Crippen LogP contribution in [-0.4, -0.2) is 33.7 Å². The maximum absolute atomic E-state index is 12.0. The molecule has 0 saturated carbocycles. The predicted octanol–water partition coefficient (Wildman–Crippen LogP) is 1.32. The maximum atomic E-state index is 12.0. The lowest BCUT2D eigenvalue weighted by atomic mass is 10.2. The number of benzene rings is 1. The number of nitrogens with one attached hydrogen (secondary N) is 2. The van der Waals surface area contributed by atoms with Crippen molar-refractivity contribution in [1.82, 2.24) is 20.5 Å². The molecule has 2 N–H and O–H groups in total. The number of hydrogen-bond acceptors (Lipinski definition) is 4. The lowest BCUT2D eigenvalue weighted by Crippen LogP contribution is -2.39. The van der Waals surface area contributed by atoms with Crippen molar-refractivity contribution in [3.8, 4) is 5.75 Å². The summed E-state index contributed by atoms with van der Waals surface area (Å²) in [6.45, 7) is 2.42. The van der Waals surface area contributed by atoms with Crippen molar-refractivity contribution >= 4 is 5.91 Å². The fourth-order valence-electron chi connectivity index (χ4n) is 1.75. The smallest absolute Gasteiger partial charge is 0.261 e. The molecule has 0 aliphatic carbocycles. The molecule has 20 heavy (non-hydrogen) atoms. The van der Waals surface area contributed by atoms with Gasteiger partial charge in [-0.3, -0.25) is 9.89 Å². The highest BCUT2D eigenvalue weighted by Crippen LogP contribution is 2.12. The van der Waals surface area contributed by atoms with E-state index in [0.717, 1.165) is 5.82 Å². The summed E-state index contributed by atoms with van der Waals surface area (Å²) in [6.07, 6.45) is 2.20. The lowest BCUT2D eigenvalue weighted by Gasteiger charge is -2.17. The molecule has 0 saturated heterocycles. The van der Waals surface area contributed by atoms with Gasteiger partial charge in [0, 0.05) is 13.0 Å². The van der Waals surface area contributed by atoms with E-state index >= 15 is 0 Å². The van der Waals surface area contributed by atoms with E-state index in [1.165, 1.54) is 6.33 Å². The SMILES string of the molecule is CCC(Oc1ccccc1)C(=O)NCCc1ncn[nH]1. The number of ether oxygens (including phenoxy) is 1. The van der Waals surface area contributed by atoms with Crippen molar-refractivity contribution < 1.29 is 9.53 Å². The number of carbonyl (C=O) groups excluding carboxylic acids is 1. The second kappa shape index (κ2) is 7.28. The monoisotopic (exact) mass is 274 g/mol. The van der Waals surface area contributed by atoms with Gasteiger partial charge < -0.3 is 10.1 Å². The Morgan fingerprint density at radius 2 is 2.20 bits per heavy atom. The molecule has 2 rings (SSSR count). The van der Waals surface area contributed by atoms with E-state index in [-0.39, 0.29) is 5.91 Å². The molecule has 0 radical (unpaired) electrons. The van der Waals surface area contributed by atoms with E-state index in [1.54, 1.807) is 0 Å². The number of rotatable bonds is 7. The summed E-state index contributed by atoms with van der Waals surface area (Å²) in [5, 5.41) is 9.34. The van der Waals surface area contributed by atoms with E-state index in [9.17, 15) is 4.79 Å². The first-order valence-electron chi connectivity index (χ1n) is 6.63. The minimum atomic E-state index is -0.480. The van der Waals surface area contributed by atoms with Crippen LogP contribution >= 0.6 is 0 Å². The Balaban J connectivity index is 1.79. The van der Waals surface area contributed by atoms with E-state index in [0.29, 0.717) is 25.1 Å². The number of hydrogen-bond donors (Lipinski definition) is 2. The van der Waals surface area contributed by atoms with Crippen molar-refractivity contribution in [2.75, 3.05) is 6.54 Å². The second-order valence-corrected chi connectivity index (χ2v) is 4.30. The number of carbonyl (C=O) groups is 1. The Hall–Kier alpha value is -2.37. The molecule has 1 atom stereocenters. The first-order chi connectivity index (χ1) is 9.79. The summed E-state index contributed by atoms with van der Waals surface area (Å²) in [6, 6.07) is 9.34. The van der Waals surface area contributed by atoms with E-state index < -0.39 is 6.10 Å². The Labute approximate surface area is 117 Å². The van der Waals surface area contributed by atoms with Crippen LogP contribution in [-0.2, 0) is 11.2 Å². The first-order valence-corrected chi connectivity index (χ1v) is 6.63. The molecule has 1 amide bonds. The average Bonchev–Trinajstić information content (AvgIpc) is 2.99. The molecule has 0 aliphatic rings. The van der Waals surface area contributed by atoms with E-state index in [2.05, 4.69) is 20.5 Å². The number of nitrogens with zero attached hydrogens (tertiary/aromatic N) is 2. The van der Waals surface area contributed by atoms with Crippen molar-refractivity contribution in [2.45, 2.75) is 25.9 Å². The fourth-order valence-corrected chi connectivity index (χ4v) is 1.75. The normalized spacial score (nSPS) is 11.8. The van der Waals surface area contributed by atoms with Gasteiger partial charge in [-0.05, 0) is 18.6 Å². The van der Waals surface area contributed by atoms with Crippen molar-refractivity contribution in [2.24, 2.45) is 0 Å². The molecule has 106 valence electrons. The van der Waals surface area contributed by atoms with Gasteiger partial charge in [-0.15, -0.1) is 0 Å². The summed E-state index contributed by atoms with van der Waals surface area (Å²) in [5.74, 6) is 1.34. The minimum Gasteiger partial charge on any atom is -0.481 e. The van der Waals surface area contributed by atoms with Crippen LogP contribution in [0.25, 0.3) is 0 Å². The van der Waals surface area contributed by atoms with Gasteiger partial charge in [0.25, 0.3) is 5.91 Å². The highest BCUT2D eigenvalue weighted by Gasteiger charge is 2.17. The third-order valence-corrected chi connectivity index (χ3v) is 2.81. The van der Waals surface area contributed by atoms with Gasteiger partial charge in [-0.1, -0.05) is 25.1 Å². The maximum Gasteiger partial charge on any atom is 0.261 e. The molecule has 1 aromatic carbocycles. The van der Waals surface area contributed by atoms with Crippen LogP contribution in [0.1, 0.15) is 19.2 Å². The molecule has 1 heterocycles. The third-order valence-electron chi connectivity index (χ3n) is 2.81.